The molecule has 7 heteroatoms. The van der Waals surface area contributed by atoms with Gasteiger partial charge in [-0.25, -0.2) is 4.98 Å². The largest absolute Gasteiger partial charge is 0.368 e. The first-order valence-corrected chi connectivity index (χ1v) is 10.9. The van der Waals surface area contributed by atoms with E-state index in [4.69, 9.17) is 5.73 Å². The maximum atomic E-state index is 12.6. The minimum absolute atomic E-state index is 0.0579. The first kappa shape index (κ1) is 25.2. The first-order chi connectivity index (χ1) is 13.9. The molecule has 0 aliphatic carbocycles. The number of imidazole rings is 1. The zero-order valence-corrected chi connectivity index (χ0v) is 18.6. The van der Waals surface area contributed by atoms with Gasteiger partial charge in [0.15, 0.2) is 12.1 Å². The number of aromatic nitrogens is 2. The predicted molar refractivity (Wildman–Crippen MR) is 117 cm³/mol. The van der Waals surface area contributed by atoms with E-state index in [0.29, 0.717) is 38.8 Å². The standard InChI is InChI=1S/C22H39N5O2/c1-5-8-9-10-13-22(29,26-7-3)21(4,6-2)19(15-18-16-24-17-25-18)27-20(28)12-11-14-23/h13,16-17,19,26,29H,5-9,11-12,14-15,23H2,1-4H3,(H-,24,25,27,28)/p+1. The Labute approximate surface area is 175 Å². The minimum atomic E-state index is -1.31. The fourth-order valence-corrected chi connectivity index (χ4v) is 3.55. The second-order valence-electron chi connectivity index (χ2n) is 7.81. The van der Waals surface area contributed by atoms with Gasteiger partial charge in [0, 0.05) is 36.2 Å². The van der Waals surface area contributed by atoms with Crippen LogP contribution in [0.1, 0.15) is 71.9 Å². The van der Waals surface area contributed by atoms with Crippen LogP contribution in [0.5, 0.6) is 0 Å². The van der Waals surface area contributed by atoms with Crippen LogP contribution in [0.15, 0.2) is 18.6 Å². The van der Waals surface area contributed by atoms with Crippen LogP contribution >= 0.6 is 0 Å². The Bertz CT molecular complexity index is 604. The number of carbonyl (C=O) groups excluding carboxylic acids is 1. The van der Waals surface area contributed by atoms with E-state index in [2.05, 4.69) is 33.6 Å². The minimum Gasteiger partial charge on any atom is -0.368 e. The fourth-order valence-electron chi connectivity index (χ4n) is 3.55. The van der Waals surface area contributed by atoms with Gasteiger partial charge >= 0.3 is 0 Å². The molecular weight excluding hydrogens is 366 g/mol. The summed E-state index contributed by atoms with van der Waals surface area (Å²) in [5.74, 6) is -0.0579. The van der Waals surface area contributed by atoms with Gasteiger partial charge in [0.1, 0.15) is 0 Å². The second kappa shape index (κ2) is 12.7. The van der Waals surface area contributed by atoms with Gasteiger partial charge in [-0.2, -0.15) is 0 Å². The third kappa shape index (κ3) is 7.19. The highest BCUT2D eigenvalue weighted by atomic mass is 16.3. The number of nitrogens with zero attached hydrogens (tertiary/aromatic N) is 1. The molecule has 0 aliphatic rings. The number of aromatic amines is 1. The van der Waals surface area contributed by atoms with E-state index in [1.807, 2.05) is 20.8 Å². The summed E-state index contributed by atoms with van der Waals surface area (Å²) in [6.07, 6.45) is 13.5. The van der Waals surface area contributed by atoms with Crippen LogP contribution in [0, 0.1) is 11.5 Å². The molecule has 1 aromatic rings. The van der Waals surface area contributed by atoms with Crippen LogP contribution < -0.4 is 16.4 Å². The lowest BCUT2D eigenvalue weighted by Crippen LogP contribution is -2.64. The number of carbonyl (C=O) groups is 1. The summed E-state index contributed by atoms with van der Waals surface area (Å²) < 4.78 is 0. The average molecular weight is 407 g/mol. The Morgan fingerprint density at radius 3 is 2.72 bits per heavy atom. The van der Waals surface area contributed by atoms with E-state index in [1.165, 1.54) is 0 Å². The number of rotatable bonds is 15. The van der Waals surface area contributed by atoms with E-state index in [9.17, 15) is 9.90 Å². The summed E-state index contributed by atoms with van der Waals surface area (Å²) in [6.45, 7) is 9.21. The number of nitrogens with two attached hydrogens (primary N) is 1. The number of amides is 1. The summed E-state index contributed by atoms with van der Waals surface area (Å²) >= 11 is 0. The molecule has 0 bridgehead atoms. The van der Waals surface area contributed by atoms with Crippen molar-refractivity contribution in [1.29, 1.82) is 0 Å². The molecule has 0 spiro atoms. The molecule has 0 aromatic carbocycles. The van der Waals surface area contributed by atoms with Crippen molar-refractivity contribution in [1.82, 2.24) is 20.6 Å². The fraction of sp³-hybridized carbons (Fsp3) is 0.727. The van der Waals surface area contributed by atoms with Crippen LogP contribution in [0.2, 0.25) is 0 Å². The zero-order chi connectivity index (χ0) is 21.8. The molecule has 1 amide bonds. The van der Waals surface area contributed by atoms with Crippen LogP contribution in [0.3, 0.4) is 0 Å². The number of allylic oxidation sites excluding steroid dienone is 1. The maximum Gasteiger partial charge on any atom is 0.222 e. The Morgan fingerprint density at radius 1 is 1.41 bits per heavy atom. The Morgan fingerprint density at radius 2 is 2.17 bits per heavy atom. The molecule has 3 atom stereocenters. The molecule has 0 saturated heterocycles. The Kier molecular flexibility index (Phi) is 11.1. The topological polar surface area (TPSA) is 116 Å². The van der Waals surface area contributed by atoms with Crippen LogP contribution in [0.25, 0.3) is 0 Å². The molecule has 1 aromatic heterocycles. The number of likely N-dealkylation sites (N-methyl/N-ethyl adjacent to an activating group) is 1. The van der Waals surface area contributed by atoms with Crippen molar-refractivity contribution in [3.8, 4) is 0 Å². The molecule has 6 N–H and O–H groups in total. The van der Waals surface area contributed by atoms with Gasteiger partial charge in [-0.1, -0.05) is 34.1 Å². The van der Waals surface area contributed by atoms with Crippen molar-refractivity contribution in [2.45, 2.75) is 84.4 Å². The van der Waals surface area contributed by atoms with Crippen molar-refractivity contribution >= 4 is 5.91 Å². The van der Waals surface area contributed by atoms with Crippen molar-refractivity contribution < 1.29 is 9.90 Å². The van der Waals surface area contributed by atoms with E-state index in [0.717, 1.165) is 25.0 Å². The molecule has 0 radical (unpaired) electrons. The average Bonchev–Trinajstić information content (AvgIpc) is 3.22. The van der Waals surface area contributed by atoms with Gasteiger partial charge in [-0.05, 0) is 32.4 Å². The molecular formula is C22H40N5O2+. The Hall–Kier alpha value is -1.79. The van der Waals surface area contributed by atoms with Crippen LogP contribution in [-0.2, 0) is 11.2 Å². The SMILES string of the molecule is CCCC[C+]=CC(O)(NCC)C(C)(CC)C(Cc1cnc[nH]1)NC(=O)CCCN. The summed E-state index contributed by atoms with van der Waals surface area (Å²) in [4.78, 5) is 19.8. The lowest BCUT2D eigenvalue weighted by atomic mass is 9.68. The second-order valence-corrected chi connectivity index (χ2v) is 7.81. The van der Waals surface area contributed by atoms with Crippen molar-refractivity contribution in [2.24, 2.45) is 11.1 Å². The summed E-state index contributed by atoms with van der Waals surface area (Å²) in [6, 6.07) is -0.313. The zero-order valence-electron chi connectivity index (χ0n) is 18.6. The Balaban J connectivity index is 3.22. The number of hydrogen-bond donors (Lipinski definition) is 5. The molecule has 164 valence electrons. The normalized spacial score (nSPS) is 16.8. The van der Waals surface area contributed by atoms with Crippen molar-refractivity contribution in [2.75, 3.05) is 13.1 Å². The molecule has 7 nitrogen and oxygen atoms in total. The summed E-state index contributed by atoms with van der Waals surface area (Å²) in [5.41, 5.74) is 4.49. The third-order valence-electron chi connectivity index (χ3n) is 5.73. The first-order valence-electron chi connectivity index (χ1n) is 10.9. The van der Waals surface area contributed by atoms with Gasteiger partial charge < -0.3 is 21.1 Å². The van der Waals surface area contributed by atoms with E-state index in [1.54, 1.807) is 18.6 Å². The highest BCUT2D eigenvalue weighted by molar-refractivity contribution is 5.76. The van der Waals surface area contributed by atoms with E-state index in [-0.39, 0.29) is 11.9 Å². The molecule has 0 fully saturated rings. The molecule has 29 heavy (non-hydrogen) atoms. The lowest BCUT2D eigenvalue weighted by molar-refractivity contribution is -0.126. The van der Waals surface area contributed by atoms with Crippen LogP contribution in [-0.4, -0.2) is 45.8 Å². The van der Waals surface area contributed by atoms with Gasteiger partial charge in [0.05, 0.1) is 6.33 Å². The summed E-state index contributed by atoms with van der Waals surface area (Å²) in [5, 5.41) is 18.1. The monoisotopic (exact) mass is 406 g/mol. The molecule has 0 saturated carbocycles. The van der Waals surface area contributed by atoms with Gasteiger partial charge in [-0.3, -0.25) is 10.1 Å². The molecule has 1 heterocycles. The van der Waals surface area contributed by atoms with Gasteiger partial charge in [0.2, 0.25) is 18.1 Å². The number of nitrogens with one attached hydrogen (secondary N) is 3. The molecule has 0 aliphatic heterocycles. The highest BCUT2D eigenvalue weighted by Gasteiger charge is 2.52. The lowest BCUT2D eigenvalue weighted by Gasteiger charge is -2.46. The number of hydrogen-bond acceptors (Lipinski definition) is 5. The van der Waals surface area contributed by atoms with Crippen LogP contribution in [0.4, 0.5) is 0 Å². The summed E-state index contributed by atoms with van der Waals surface area (Å²) in [7, 11) is 0. The highest BCUT2D eigenvalue weighted by Crippen LogP contribution is 2.39. The third-order valence-corrected chi connectivity index (χ3v) is 5.73. The van der Waals surface area contributed by atoms with Crippen molar-refractivity contribution in [3.63, 3.8) is 0 Å². The number of H-pyrrole nitrogens is 1. The number of unbranched alkanes of at least 4 members (excludes halogenated alkanes) is 2. The molecule has 1 rings (SSSR count). The van der Waals surface area contributed by atoms with E-state index < -0.39 is 11.1 Å². The van der Waals surface area contributed by atoms with Gasteiger partial charge in [0.25, 0.3) is 0 Å². The quantitative estimate of drug-likeness (QED) is 0.174. The van der Waals surface area contributed by atoms with E-state index >= 15 is 0 Å². The van der Waals surface area contributed by atoms with Crippen molar-refractivity contribution in [3.05, 3.63) is 30.4 Å². The number of aliphatic hydroxyl groups is 1. The van der Waals surface area contributed by atoms with Gasteiger partial charge in [-0.15, -0.1) is 0 Å². The molecule has 3 unspecified atom stereocenters. The maximum absolute atomic E-state index is 12.6. The predicted octanol–water partition coefficient (Wildman–Crippen LogP) is 2.44. The smallest absolute Gasteiger partial charge is 0.222 e.